The molecule has 2 heterocycles. The van der Waals surface area contributed by atoms with Crippen LogP contribution in [-0.4, -0.2) is 20.6 Å². The molecule has 0 atom stereocenters. The first kappa shape index (κ1) is 20.5. The van der Waals surface area contributed by atoms with Gasteiger partial charge in [0.2, 0.25) is 5.91 Å². The van der Waals surface area contributed by atoms with E-state index in [1.54, 1.807) is 0 Å². The van der Waals surface area contributed by atoms with Crippen LogP contribution >= 0.6 is 0 Å². The maximum absolute atomic E-state index is 13.2. The predicted octanol–water partition coefficient (Wildman–Crippen LogP) is 4.34. The van der Waals surface area contributed by atoms with Crippen molar-refractivity contribution in [1.82, 2.24) is 14.7 Å². The molecule has 0 unspecified atom stereocenters. The highest BCUT2D eigenvalue weighted by Crippen LogP contribution is 2.24. The van der Waals surface area contributed by atoms with E-state index in [1.807, 2.05) is 24.3 Å². The molecule has 1 N–H and O–H groups in total. The smallest absolute Gasteiger partial charge is 0.266 e. The molecule has 0 spiro atoms. The molecule has 0 aliphatic heterocycles. The highest BCUT2D eigenvalue weighted by Gasteiger charge is 2.17. The van der Waals surface area contributed by atoms with E-state index in [2.05, 4.69) is 29.3 Å². The lowest BCUT2D eigenvalue weighted by atomic mass is 10.0. The van der Waals surface area contributed by atoms with E-state index in [0.29, 0.717) is 17.2 Å². The van der Waals surface area contributed by atoms with Crippen LogP contribution in [0.4, 0.5) is 10.1 Å². The highest BCUT2D eigenvalue weighted by molar-refractivity contribution is 5.91. The Morgan fingerprint density at radius 3 is 2.52 bits per heavy atom. The summed E-state index contributed by atoms with van der Waals surface area (Å²) in [5, 5.41) is 6.94. The lowest BCUT2D eigenvalue weighted by molar-refractivity contribution is -0.116. The van der Waals surface area contributed by atoms with Crippen LogP contribution in [0.1, 0.15) is 31.7 Å². The third-order valence-electron chi connectivity index (χ3n) is 5.02. The molecule has 0 radical (unpaired) electrons. The second-order valence-electron chi connectivity index (χ2n) is 7.54. The largest absolute Gasteiger partial charge is 0.335 e. The number of halogens is 1. The lowest BCUT2D eigenvalue weighted by Gasteiger charge is -2.09. The normalized spacial score (nSPS) is 11.2. The number of hydrogen-bond donors (Lipinski definition) is 1. The predicted molar refractivity (Wildman–Crippen MR) is 115 cm³/mol. The van der Waals surface area contributed by atoms with Crippen LogP contribution in [0.5, 0.6) is 0 Å². The van der Waals surface area contributed by atoms with Crippen LogP contribution in [0, 0.1) is 5.82 Å². The lowest BCUT2D eigenvalue weighted by Crippen LogP contribution is -2.23. The van der Waals surface area contributed by atoms with E-state index in [-0.39, 0.29) is 41.2 Å². The number of carbonyl (C=O) groups is 1. The summed E-state index contributed by atoms with van der Waals surface area (Å²) in [6, 6.07) is 13.3. The van der Waals surface area contributed by atoms with Crippen LogP contribution in [0.25, 0.3) is 22.4 Å². The fraction of sp³-hybridized carbons (Fsp3) is 0.217. The van der Waals surface area contributed by atoms with Gasteiger partial charge in [-0.1, -0.05) is 31.1 Å². The standard InChI is InChI=1S/C23H21FN4O3/c1-14(2)15-5-9-18(10-6-15)26-19(29)11-12-28-13-25-22-20(23(28)30)21(27-31-22)16-3-7-17(24)8-4-16/h3-10,13-14H,11-12H2,1-2H3,(H,26,29). The zero-order valence-corrected chi connectivity index (χ0v) is 17.1. The van der Waals surface area contributed by atoms with Gasteiger partial charge < -0.3 is 9.84 Å². The van der Waals surface area contributed by atoms with Crippen LogP contribution < -0.4 is 10.9 Å². The molecule has 2 aromatic heterocycles. The summed E-state index contributed by atoms with van der Waals surface area (Å²) in [6.07, 6.45) is 1.42. The van der Waals surface area contributed by atoms with Gasteiger partial charge in [-0.25, -0.2) is 9.37 Å². The molecule has 0 saturated heterocycles. The van der Waals surface area contributed by atoms with Crippen molar-refractivity contribution in [3.8, 4) is 11.3 Å². The SMILES string of the molecule is CC(C)c1ccc(NC(=O)CCn2cnc3onc(-c4ccc(F)cc4)c3c2=O)cc1. The van der Waals surface area contributed by atoms with Gasteiger partial charge in [-0.15, -0.1) is 0 Å². The summed E-state index contributed by atoms with van der Waals surface area (Å²) in [4.78, 5) is 29.4. The second kappa shape index (κ2) is 8.51. The van der Waals surface area contributed by atoms with E-state index >= 15 is 0 Å². The maximum atomic E-state index is 13.2. The van der Waals surface area contributed by atoms with Gasteiger partial charge in [0.25, 0.3) is 11.3 Å². The van der Waals surface area contributed by atoms with Crippen molar-refractivity contribution in [2.24, 2.45) is 0 Å². The van der Waals surface area contributed by atoms with Crippen molar-refractivity contribution < 1.29 is 13.7 Å². The Kier molecular flexibility index (Phi) is 5.62. The minimum absolute atomic E-state index is 0.0928. The fourth-order valence-electron chi connectivity index (χ4n) is 3.24. The van der Waals surface area contributed by atoms with Gasteiger partial charge >= 0.3 is 0 Å². The molecule has 4 aromatic rings. The number of carbonyl (C=O) groups excluding carboxylic acids is 1. The van der Waals surface area contributed by atoms with Gasteiger partial charge in [-0.2, -0.15) is 0 Å². The minimum atomic E-state index is -0.392. The van der Waals surface area contributed by atoms with Crippen LogP contribution in [-0.2, 0) is 11.3 Å². The van der Waals surface area contributed by atoms with Crippen LogP contribution in [0.2, 0.25) is 0 Å². The van der Waals surface area contributed by atoms with Crippen molar-refractivity contribution in [2.45, 2.75) is 32.7 Å². The number of amides is 1. The van der Waals surface area contributed by atoms with Gasteiger partial charge in [-0.05, 0) is 47.9 Å². The van der Waals surface area contributed by atoms with E-state index in [0.717, 1.165) is 0 Å². The molecule has 0 bridgehead atoms. The topological polar surface area (TPSA) is 90.0 Å². The van der Waals surface area contributed by atoms with Gasteiger partial charge in [0.15, 0.2) is 0 Å². The highest BCUT2D eigenvalue weighted by atomic mass is 19.1. The molecule has 1 amide bonds. The number of aryl methyl sites for hydroxylation is 1. The summed E-state index contributed by atoms with van der Waals surface area (Å²) in [5.41, 5.74) is 2.44. The molecule has 0 aliphatic rings. The third kappa shape index (κ3) is 4.37. The molecule has 0 aliphatic carbocycles. The summed E-state index contributed by atoms with van der Waals surface area (Å²) < 4.78 is 19.7. The number of rotatable bonds is 6. The Bertz CT molecular complexity index is 1280. The quantitative estimate of drug-likeness (QED) is 0.501. The Hall–Kier alpha value is -3.81. The Morgan fingerprint density at radius 2 is 1.84 bits per heavy atom. The molecule has 4 rings (SSSR count). The molecule has 158 valence electrons. The minimum Gasteiger partial charge on any atom is -0.335 e. The fourth-order valence-corrected chi connectivity index (χ4v) is 3.24. The molecule has 0 saturated carbocycles. The van der Waals surface area contributed by atoms with Gasteiger partial charge in [0, 0.05) is 24.2 Å². The molecule has 0 fully saturated rings. The number of benzene rings is 2. The van der Waals surface area contributed by atoms with Crippen molar-refractivity contribution in [3.05, 3.63) is 76.6 Å². The van der Waals surface area contributed by atoms with E-state index in [9.17, 15) is 14.0 Å². The van der Waals surface area contributed by atoms with Crippen molar-refractivity contribution in [2.75, 3.05) is 5.32 Å². The van der Waals surface area contributed by atoms with Gasteiger partial charge in [0.05, 0.1) is 0 Å². The Morgan fingerprint density at radius 1 is 1.13 bits per heavy atom. The first-order valence-electron chi connectivity index (χ1n) is 9.93. The average Bonchev–Trinajstić information content (AvgIpc) is 3.19. The number of fused-ring (bicyclic) bond motifs is 1. The van der Waals surface area contributed by atoms with Crippen molar-refractivity contribution in [3.63, 3.8) is 0 Å². The number of anilines is 1. The Balaban J connectivity index is 1.50. The second-order valence-corrected chi connectivity index (χ2v) is 7.54. The maximum Gasteiger partial charge on any atom is 0.266 e. The third-order valence-corrected chi connectivity index (χ3v) is 5.02. The zero-order valence-electron chi connectivity index (χ0n) is 17.1. The van der Waals surface area contributed by atoms with E-state index in [1.165, 1.54) is 40.7 Å². The van der Waals surface area contributed by atoms with Crippen LogP contribution in [0.3, 0.4) is 0 Å². The molecular weight excluding hydrogens is 399 g/mol. The number of nitrogens with zero attached hydrogens (tertiary/aromatic N) is 3. The number of hydrogen-bond acceptors (Lipinski definition) is 5. The first-order chi connectivity index (χ1) is 14.9. The van der Waals surface area contributed by atoms with Crippen molar-refractivity contribution in [1.29, 1.82) is 0 Å². The van der Waals surface area contributed by atoms with Gasteiger partial charge in [0.1, 0.15) is 23.2 Å². The zero-order chi connectivity index (χ0) is 22.0. The monoisotopic (exact) mass is 420 g/mol. The summed E-state index contributed by atoms with van der Waals surface area (Å²) in [6.45, 7) is 4.35. The first-order valence-corrected chi connectivity index (χ1v) is 9.93. The molecule has 7 nitrogen and oxygen atoms in total. The summed E-state index contributed by atoms with van der Waals surface area (Å²) in [7, 11) is 0. The van der Waals surface area contributed by atoms with Crippen molar-refractivity contribution >= 4 is 22.7 Å². The Labute approximate surface area is 177 Å². The molecule has 8 heteroatoms. The molecule has 31 heavy (non-hydrogen) atoms. The van der Waals surface area contributed by atoms with Crippen LogP contribution in [0.15, 0.2) is 64.2 Å². The summed E-state index contributed by atoms with van der Waals surface area (Å²) >= 11 is 0. The van der Waals surface area contributed by atoms with E-state index in [4.69, 9.17) is 4.52 Å². The molecule has 2 aromatic carbocycles. The van der Waals surface area contributed by atoms with E-state index < -0.39 is 5.82 Å². The number of aromatic nitrogens is 3. The van der Waals surface area contributed by atoms with Gasteiger partial charge in [-0.3, -0.25) is 14.2 Å². The summed E-state index contributed by atoms with van der Waals surface area (Å²) in [5.74, 6) is -0.193. The molecular formula is C23H21FN4O3. The average molecular weight is 420 g/mol. The number of nitrogens with one attached hydrogen (secondary N) is 1.